The zero-order valence-electron chi connectivity index (χ0n) is 10.5. The highest BCUT2D eigenvalue weighted by Gasteiger charge is 2.21. The Bertz CT molecular complexity index is 164. The van der Waals surface area contributed by atoms with E-state index in [1.807, 2.05) is 7.05 Å². The summed E-state index contributed by atoms with van der Waals surface area (Å²) < 4.78 is 5.69. The molecule has 15 heavy (non-hydrogen) atoms. The molecular formula is C12H26N2O. The summed E-state index contributed by atoms with van der Waals surface area (Å²) in [7, 11) is 4.23. The predicted molar refractivity (Wildman–Crippen MR) is 64.2 cm³/mol. The fourth-order valence-electron chi connectivity index (χ4n) is 2.24. The van der Waals surface area contributed by atoms with Crippen molar-refractivity contribution in [3.05, 3.63) is 0 Å². The average Bonchev–Trinajstić information content (AvgIpc) is 2.26. The first-order chi connectivity index (χ1) is 7.26. The quantitative estimate of drug-likeness (QED) is 0.722. The average molecular weight is 214 g/mol. The minimum absolute atomic E-state index is 0.515. The molecule has 2 unspecified atom stereocenters. The maximum atomic E-state index is 5.69. The maximum Gasteiger partial charge on any atom is 0.0575 e. The first kappa shape index (κ1) is 12.9. The first-order valence-electron chi connectivity index (χ1n) is 6.21. The van der Waals surface area contributed by atoms with Gasteiger partial charge in [0.05, 0.1) is 6.10 Å². The van der Waals surface area contributed by atoms with Gasteiger partial charge >= 0.3 is 0 Å². The molecular weight excluding hydrogens is 188 g/mol. The van der Waals surface area contributed by atoms with Crippen molar-refractivity contribution < 1.29 is 4.74 Å². The van der Waals surface area contributed by atoms with Gasteiger partial charge in [0.1, 0.15) is 0 Å². The third-order valence-electron chi connectivity index (χ3n) is 3.24. The van der Waals surface area contributed by atoms with E-state index >= 15 is 0 Å². The summed E-state index contributed by atoms with van der Waals surface area (Å²) in [5.74, 6) is 0.838. The summed E-state index contributed by atoms with van der Waals surface area (Å²) in [4.78, 5) is 2.43. The van der Waals surface area contributed by atoms with E-state index in [4.69, 9.17) is 4.74 Å². The Hall–Kier alpha value is -0.120. The molecule has 3 nitrogen and oxygen atoms in total. The molecule has 3 heteroatoms. The molecule has 90 valence electrons. The zero-order chi connectivity index (χ0) is 11.1. The number of nitrogens with zero attached hydrogens (tertiary/aromatic N) is 1. The van der Waals surface area contributed by atoms with Crippen molar-refractivity contribution in [1.29, 1.82) is 0 Å². The Morgan fingerprint density at radius 3 is 2.93 bits per heavy atom. The minimum Gasteiger partial charge on any atom is -0.378 e. The third kappa shape index (κ3) is 4.96. The molecule has 1 rings (SSSR count). The van der Waals surface area contributed by atoms with Crippen molar-refractivity contribution >= 4 is 0 Å². The van der Waals surface area contributed by atoms with Crippen molar-refractivity contribution in [2.24, 2.45) is 5.92 Å². The van der Waals surface area contributed by atoms with E-state index in [1.165, 1.54) is 19.4 Å². The van der Waals surface area contributed by atoms with E-state index in [0.717, 1.165) is 32.0 Å². The predicted octanol–water partition coefficient (Wildman–Crippen LogP) is 1.34. The van der Waals surface area contributed by atoms with Crippen LogP contribution in [0.1, 0.15) is 26.2 Å². The molecule has 0 spiro atoms. The number of hydrogen-bond acceptors (Lipinski definition) is 3. The lowest BCUT2D eigenvalue weighted by atomic mass is 9.94. The Balaban J connectivity index is 2.19. The van der Waals surface area contributed by atoms with Crippen molar-refractivity contribution in [3.8, 4) is 0 Å². The van der Waals surface area contributed by atoms with Gasteiger partial charge in [-0.05, 0) is 39.3 Å². The number of rotatable bonds is 6. The SMILES string of the molecule is CCC1CC(CN(C)CCNC)CCO1. The standard InChI is InChI=1S/C12H26N2O/c1-4-12-9-11(5-8-15-12)10-14(3)7-6-13-2/h11-13H,4-10H2,1-3H3. The molecule has 0 bridgehead atoms. The van der Waals surface area contributed by atoms with Crippen LogP contribution >= 0.6 is 0 Å². The van der Waals surface area contributed by atoms with Crippen molar-refractivity contribution in [2.45, 2.75) is 32.3 Å². The van der Waals surface area contributed by atoms with Gasteiger partial charge in [-0.25, -0.2) is 0 Å². The van der Waals surface area contributed by atoms with Crippen molar-refractivity contribution in [2.75, 3.05) is 40.3 Å². The van der Waals surface area contributed by atoms with Crippen LogP contribution in [0, 0.1) is 5.92 Å². The van der Waals surface area contributed by atoms with Crippen LogP contribution in [0.25, 0.3) is 0 Å². The molecule has 1 saturated heterocycles. The number of likely N-dealkylation sites (N-methyl/N-ethyl adjacent to an activating group) is 2. The molecule has 0 aliphatic carbocycles. The normalized spacial score (nSPS) is 27.2. The van der Waals surface area contributed by atoms with Crippen LogP contribution in [-0.2, 0) is 4.74 Å². The van der Waals surface area contributed by atoms with Crippen molar-refractivity contribution in [1.82, 2.24) is 10.2 Å². The Kier molecular flexibility index (Phi) is 6.22. The van der Waals surface area contributed by atoms with Crippen LogP contribution in [0.4, 0.5) is 0 Å². The Morgan fingerprint density at radius 1 is 1.47 bits per heavy atom. The summed E-state index contributed by atoms with van der Waals surface area (Å²) in [5, 5.41) is 3.19. The van der Waals surface area contributed by atoms with Gasteiger partial charge < -0.3 is 15.0 Å². The lowest BCUT2D eigenvalue weighted by Gasteiger charge is -2.31. The zero-order valence-corrected chi connectivity index (χ0v) is 10.5. The summed E-state index contributed by atoms with van der Waals surface area (Å²) >= 11 is 0. The highest BCUT2D eigenvalue weighted by atomic mass is 16.5. The van der Waals surface area contributed by atoms with Gasteiger partial charge in [0.15, 0.2) is 0 Å². The molecule has 0 aromatic carbocycles. The monoisotopic (exact) mass is 214 g/mol. The van der Waals surface area contributed by atoms with E-state index in [2.05, 4.69) is 24.2 Å². The molecule has 1 heterocycles. The molecule has 0 aromatic heterocycles. The Labute approximate surface area is 94.2 Å². The lowest BCUT2D eigenvalue weighted by molar-refractivity contribution is -0.0160. The van der Waals surface area contributed by atoms with Gasteiger partial charge in [-0.2, -0.15) is 0 Å². The number of nitrogens with one attached hydrogen (secondary N) is 1. The van der Waals surface area contributed by atoms with E-state index in [1.54, 1.807) is 0 Å². The van der Waals surface area contributed by atoms with Gasteiger partial charge in [0.25, 0.3) is 0 Å². The third-order valence-corrected chi connectivity index (χ3v) is 3.24. The van der Waals surface area contributed by atoms with Gasteiger partial charge in [-0.1, -0.05) is 6.92 Å². The second-order valence-corrected chi connectivity index (χ2v) is 4.66. The van der Waals surface area contributed by atoms with Crippen molar-refractivity contribution in [3.63, 3.8) is 0 Å². The summed E-state index contributed by atoms with van der Waals surface area (Å²) in [6.07, 6.45) is 4.17. The van der Waals surface area contributed by atoms with Crippen LogP contribution in [0.15, 0.2) is 0 Å². The van der Waals surface area contributed by atoms with E-state index < -0.39 is 0 Å². The van der Waals surface area contributed by atoms with Gasteiger partial charge in [-0.15, -0.1) is 0 Å². The highest BCUT2D eigenvalue weighted by molar-refractivity contribution is 4.73. The number of hydrogen-bond donors (Lipinski definition) is 1. The molecule has 1 aliphatic heterocycles. The van der Waals surface area contributed by atoms with Gasteiger partial charge in [-0.3, -0.25) is 0 Å². The van der Waals surface area contributed by atoms with Crippen LogP contribution in [0.3, 0.4) is 0 Å². The second-order valence-electron chi connectivity index (χ2n) is 4.66. The number of ether oxygens (including phenoxy) is 1. The second kappa shape index (κ2) is 7.20. The largest absolute Gasteiger partial charge is 0.378 e. The lowest BCUT2D eigenvalue weighted by Crippen LogP contribution is -2.35. The summed E-state index contributed by atoms with van der Waals surface area (Å²) in [6, 6.07) is 0. The summed E-state index contributed by atoms with van der Waals surface area (Å²) in [6.45, 7) is 6.63. The topological polar surface area (TPSA) is 24.5 Å². The molecule has 0 aromatic rings. The fraction of sp³-hybridized carbons (Fsp3) is 1.00. The molecule has 2 atom stereocenters. The van der Waals surface area contributed by atoms with Crippen LogP contribution in [0.2, 0.25) is 0 Å². The van der Waals surface area contributed by atoms with Crippen LogP contribution in [-0.4, -0.2) is 51.3 Å². The molecule has 1 aliphatic rings. The van der Waals surface area contributed by atoms with Crippen LogP contribution < -0.4 is 5.32 Å². The van der Waals surface area contributed by atoms with E-state index in [-0.39, 0.29) is 0 Å². The fourth-order valence-corrected chi connectivity index (χ4v) is 2.24. The van der Waals surface area contributed by atoms with E-state index in [9.17, 15) is 0 Å². The molecule has 0 saturated carbocycles. The van der Waals surface area contributed by atoms with Gasteiger partial charge in [0.2, 0.25) is 0 Å². The molecule has 1 N–H and O–H groups in total. The molecule has 0 amide bonds. The molecule has 0 radical (unpaired) electrons. The smallest absolute Gasteiger partial charge is 0.0575 e. The van der Waals surface area contributed by atoms with Crippen LogP contribution in [0.5, 0.6) is 0 Å². The minimum atomic E-state index is 0.515. The van der Waals surface area contributed by atoms with Gasteiger partial charge in [0, 0.05) is 26.2 Å². The Morgan fingerprint density at radius 2 is 2.27 bits per heavy atom. The maximum absolute atomic E-state index is 5.69. The van der Waals surface area contributed by atoms with E-state index in [0.29, 0.717) is 6.10 Å². The summed E-state index contributed by atoms with van der Waals surface area (Å²) in [5.41, 5.74) is 0. The molecule has 1 fully saturated rings. The highest BCUT2D eigenvalue weighted by Crippen LogP contribution is 2.22. The first-order valence-corrected chi connectivity index (χ1v) is 6.21.